The van der Waals surface area contributed by atoms with Crippen molar-refractivity contribution in [1.29, 1.82) is 0 Å². The normalized spacial score (nSPS) is 15.6. The molecule has 6 heteroatoms. The predicted molar refractivity (Wildman–Crippen MR) is 79.8 cm³/mol. The van der Waals surface area contributed by atoms with Crippen molar-refractivity contribution in [3.8, 4) is 0 Å². The maximum atomic E-state index is 12.0. The molecule has 2 aromatic rings. The minimum Gasteiger partial charge on any atom is -0.339 e. The maximum absolute atomic E-state index is 12.0. The van der Waals surface area contributed by atoms with E-state index in [9.17, 15) is 8.42 Å². The highest BCUT2D eigenvalue weighted by Crippen LogP contribution is 2.27. The quantitative estimate of drug-likeness (QED) is 0.868. The Bertz CT molecular complexity index is 800. The fourth-order valence-electron chi connectivity index (χ4n) is 2.08. The van der Waals surface area contributed by atoms with Crippen LogP contribution < -0.4 is 5.32 Å². The molecule has 0 saturated heterocycles. The molecular weight excluding hydrogens is 296 g/mol. The molecule has 1 N–H and O–H groups in total. The van der Waals surface area contributed by atoms with E-state index in [4.69, 9.17) is 11.6 Å². The third-order valence-electron chi connectivity index (χ3n) is 3.05. The van der Waals surface area contributed by atoms with Crippen LogP contribution in [0.2, 0.25) is 0 Å². The molecule has 0 aromatic heterocycles. The summed E-state index contributed by atoms with van der Waals surface area (Å²) in [5.74, 6) is 0.670. The Hall–Kier alpha value is -1.85. The van der Waals surface area contributed by atoms with Crippen LogP contribution in [0.4, 0.5) is 5.69 Å². The fraction of sp³-hybridized carbons (Fsp3) is 0.0714. The van der Waals surface area contributed by atoms with E-state index in [0.717, 1.165) is 11.3 Å². The van der Waals surface area contributed by atoms with Gasteiger partial charge in [-0.25, -0.2) is 0 Å². The van der Waals surface area contributed by atoms with E-state index in [-0.39, 0.29) is 4.90 Å². The van der Waals surface area contributed by atoms with Gasteiger partial charge in [0.1, 0.15) is 4.90 Å². The molecule has 2 aromatic carbocycles. The number of para-hydroxylation sites is 1. The first kappa shape index (κ1) is 13.1. The Morgan fingerprint density at radius 2 is 1.75 bits per heavy atom. The van der Waals surface area contributed by atoms with Gasteiger partial charge >= 0.3 is 0 Å². The molecule has 0 atom stereocenters. The largest absolute Gasteiger partial charge is 0.339 e. The van der Waals surface area contributed by atoms with Crippen LogP contribution >= 0.6 is 11.6 Å². The molecule has 1 aliphatic heterocycles. The smallest absolute Gasteiger partial charge is 0.285 e. The van der Waals surface area contributed by atoms with Crippen LogP contribution in [0, 0.1) is 0 Å². The summed E-state index contributed by atoms with van der Waals surface area (Å²) in [5.41, 5.74) is 2.23. The van der Waals surface area contributed by atoms with Gasteiger partial charge in [-0.05, 0) is 23.8 Å². The number of anilines is 1. The number of fused-ring (bicyclic) bond motifs is 1. The highest BCUT2D eigenvalue weighted by molar-refractivity contribution is 7.90. The second-order valence-corrected chi connectivity index (χ2v) is 6.17. The van der Waals surface area contributed by atoms with Crippen LogP contribution in [0.15, 0.2) is 57.8 Å². The molecule has 1 heterocycles. The van der Waals surface area contributed by atoms with Crippen molar-refractivity contribution in [2.24, 2.45) is 4.40 Å². The van der Waals surface area contributed by atoms with Crippen molar-refractivity contribution >= 4 is 33.1 Å². The zero-order valence-electron chi connectivity index (χ0n) is 10.4. The number of nitrogens with one attached hydrogen (secondary N) is 1. The molecule has 0 aliphatic carbocycles. The summed E-state index contributed by atoms with van der Waals surface area (Å²) in [7, 11) is -3.60. The summed E-state index contributed by atoms with van der Waals surface area (Å²) in [5, 5.41) is 3.06. The van der Waals surface area contributed by atoms with Crippen LogP contribution in [0.3, 0.4) is 0 Å². The van der Waals surface area contributed by atoms with E-state index in [1.54, 1.807) is 24.3 Å². The molecule has 3 rings (SSSR count). The van der Waals surface area contributed by atoms with Crippen molar-refractivity contribution in [1.82, 2.24) is 0 Å². The number of halogens is 1. The molecule has 102 valence electrons. The van der Waals surface area contributed by atoms with Crippen LogP contribution in [0.1, 0.15) is 11.1 Å². The Morgan fingerprint density at radius 3 is 2.55 bits per heavy atom. The topological polar surface area (TPSA) is 58.5 Å². The number of hydrogen-bond acceptors (Lipinski definition) is 3. The lowest BCUT2D eigenvalue weighted by molar-refractivity contribution is 0.599. The van der Waals surface area contributed by atoms with Gasteiger partial charge in [0.15, 0.2) is 5.84 Å². The lowest BCUT2D eigenvalue weighted by atomic mass is 10.1. The van der Waals surface area contributed by atoms with Crippen molar-refractivity contribution in [3.63, 3.8) is 0 Å². The zero-order valence-corrected chi connectivity index (χ0v) is 11.9. The summed E-state index contributed by atoms with van der Waals surface area (Å²) in [6, 6.07) is 14.2. The van der Waals surface area contributed by atoms with Crippen molar-refractivity contribution in [2.45, 2.75) is 10.8 Å². The molecule has 0 amide bonds. The third-order valence-corrected chi connectivity index (χ3v) is 4.67. The van der Waals surface area contributed by atoms with E-state index in [1.807, 2.05) is 24.3 Å². The Morgan fingerprint density at radius 1 is 1.05 bits per heavy atom. The molecule has 1 aliphatic rings. The molecule has 0 saturated carbocycles. The number of sulfonamides is 1. The molecule has 0 unspecified atom stereocenters. The van der Waals surface area contributed by atoms with E-state index < -0.39 is 10.0 Å². The molecule has 0 fully saturated rings. The van der Waals surface area contributed by atoms with E-state index in [1.165, 1.54) is 0 Å². The maximum Gasteiger partial charge on any atom is 0.285 e. The second-order valence-electron chi connectivity index (χ2n) is 4.33. The van der Waals surface area contributed by atoms with E-state index in [0.29, 0.717) is 17.3 Å². The number of amidine groups is 1. The number of hydrogen-bond donors (Lipinski definition) is 1. The highest BCUT2D eigenvalue weighted by Gasteiger charge is 2.28. The number of alkyl halides is 1. The first-order valence-corrected chi connectivity index (χ1v) is 7.94. The number of nitrogens with zero attached hydrogens (tertiary/aromatic N) is 1. The molecular formula is C14H11ClN2O2S. The summed E-state index contributed by atoms with van der Waals surface area (Å²) >= 11 is 5.88. The van der Waals surface area contributed by atoms with Gasteiger partial charge in [-0.15, -0.1) is 16.0 Å². The SMILES string of the molecule is O=S1(=O)N=C(Nc2ccccc2CCl)c2ccccc21. The Kier molecular flexibility index (Phi) is 3.23. The van der Waals surface area contributed by atoms with Gasteiger partial charge in [0, 0.05) is 17.1 Å². The van der Waals surface area contributed by atoms with Gasteiger partial charge in [-0.1, -0.05) is 30.3 Å². The zero-order chi connectivity index (χ0) is 14.2. The van der Waals surface area contributed by atoms with Crippen LogP contribution in [0.5, 0.6) is 0 Å². The fourth-order valence-corrected chi connectivity index (χ4v) is 3.49. The van der Waals surface area contributed by atoms with Gasteiger partial charge in [0.2, 0.25) is 0 Å². The average Bonchev–Trinajstić information content (AvgIpc) is 2.71. The Balaban J connectivity index is 2.05. The average molecular weight is 307 g/mol. The lowest BCUT2D eigenvalue weighted by Gasteiger charge is -2.10. The van der Waals surface area contributed by atoms with E-state index in [2.05, 4.69) is 9.71 Å². The van der Waals surface area contributed by atoms with Gasteiger partial charge in [0.05, 0.1) is 0 Å². The standard InChI is InChI=1S/C14H11ClN2O2S/c15-9-10-5-1-3-7-12(10)16-14-11-6-2-4-8-13(11)20(18,19)17-14/h1-8H,9H2,(H,16,17). The first-order chi connectivity index (χ1) is 9.62. The first-order valence-electron chi connectivity index (χ1n) is 5.97. The minimum absolute atomic E-state index is 0.228. The molecule has 0 radical (unpaired) electrons. The molecule has 4 nitrogen and oxygen atoms in total. The number of benzene rings is 2. The molecule has 0 spiro atoms. The van der Waals surface area contributed by atoms with Gasteiger partial charge in [-0.2, -0.15) is 8.42 Å². The minimum atomic E-state index is -3.60. The van der Waals surface area contributed by atoms with Crippen molar-refractivity contribution < 1.29 is 8.42 Å². The van der Waals surface area contributed by atoms with E-state index >= 15 is 0 Å². The van der Waals surface area contributed by atoms with Gasteiger partial charge in [0.25, 0.3) is 10.0 Å². The summed E-state index contributed by atoms with van der Waals surface area (Å²) < 4.78 is 27.7. The van der Waals surface area contributed by atoms with Crippen LogP contribution in [-0.4, -0.2) is 14.3 Å². The number of rotatable bonds is 2. The summed E-state index contributed by atoms with van der Waals surface area (Å²) in [4.78, 5) is 0.228. The summed E-state index contributed by atoms with van der Waals surface area (Å²) in [6.45, 7) is 0. The van der Waals surface area contributed by atoms with Crippen LogP contribution in [0.25, 0.3) is 0 Å². The Labute approximate surface area is 122 Å². The lowest BCUT2D eigenvalue weighted by Crippen LogP contribution is -2.12. The van der Waals surface area contributed by atoms with Crippen molar-refractivity contribution in [2.75, 3.05) is 5.32 Å². The third kappa shape index (κ3) is 2.19. The monoisotopic (exact) mass is 306 g/mol. The van der Waals surface area contributed by atoms with Crippen molar-refractivity contribution in [3.05, 3.63) is 59.7 Å². The molecule has 20 heavy (non-hydrogen) atoms. The predicted octanol–water partition coefficient (Wildman–Crippen LogP) is 2.99. The molecule has 0 bridgehead atoms. The summed E-state index contributed by atoms with van der Waals surface area (Å²) in [6.07, 6.45) is 0. The highest BCUT2D eigenvalue weighted by atomic mass is 35.5. The van der Waals surface area contributed by atoms with Gasteiger partial charge < -0.3 is 5.32 Å². The van der Waals surface area contributed by atoms with Crippen LogP contribution in [-0.2, 0) is 15.9 Å². The van der Waals surface area contributed by atoms with Gasteiger partial charge in [-0.3, -0.25) is 0 Å². The second kappa shape index (κ2) is 4.92.